The van der Waals surface area contributed by atoms with Gasteiger partial charge in [-0.1, -0.05) is 12.1 Å². The Kier molecular flexibility index (Phi) is 2.19. The lowest BCUT2D eigenvalue weighted by Gasteiger charge is -2.16. The van der Waals surface area contributed by atoms with Crippen molar-refractivity contribution >= 4 is 10.9 Å². The molecule has 15 heavy (non-hydrogen) atoms. The van der Waals surface area contributed by atoms with Crippen LogP contribution >= 0.6 is 0 Å². The van der Waals surface area contributed by atoms with Gasteiger partial charge in [-0.2, -0.15) is 13.2 Å². The first-order valence-corrected chi connectivity index (χ1v) is 4.38. The highest BCUT2D eigenvalue weighted by Crippen LogP contribution is 2.33. The van der Waals surface area contributed by atoms with Crippen LogP contribution < -0.4 is 5.73 Å². The average molecular weight is 214 g/mol. The molecule has 0 amide bonds. The van der Waals surface area contributed by atoms with Gasteiger partial charge in [0.25, 0.3) is 0 Å². The minimum Gasteiger partial charge on any atom is -0.361 e. The van der Waals surface area contributed by atoms with E-state index < -0.39 is 12.2 Å². The van der Waals surface area contributed by atoms with Gasteiger partial charge in [0.15, 0.2) is 0 Å². The van der Waals surface area contributed by atoms with Gasteiger partial charge in [-0.3, -0.25) is 0 Å². The Hall–Kier alpha value is -1.49. The number of rotatable bonds is 1. The maximum absolute atomic E-state index is 12.4. The molecule has 0 fully saturated rings. The van der Waals surface area contributed by atoms with Crippen molar-refractivity contribution in [2.75, 3.05) is 0 Å². The molecular weight excluding hydrogens is 205 g/mol. The minimum absolute atomic E-state index is 0.0984. The first-order valence-electron chi connectivity index (χ1n) is 4.38. The average Bonchev–Trinajstić information content (AvgIpc) is 2.62. The van der Waals surface area contributed by atoms with Crippen LogP contribution in [-0.2, 0) is 0 Å². The summed E-state index contributed by atoms with van der Waals surface area (Å²) in [7, 11) is 0. The normalized spacial score (nSPS) is 14.4. The van der Waals surface area contributed by atoms with E-state index in [0.29, 0.717) is 10.9 Å². The number of aromatic nitrogens is 1. The van der Waals surface area contributed by atoms with Crippen LogP contribution in [0.3, 0.4) is 0 Å². The summed E-state index contributed by atoms with van der Waals surface area (Å²) in [5.74, 6) is 0. The first kappa shape index (κ1) is 10.0. The molecule has 0 bridgehead atoms. The maximum Gasteiger partial charge on any atom is 0.407 e. The molecule has 80 valence electrons. The molecule has 3 N–H and O–H groups in total. The van der Waals surface area contributed by atoms with Gasteiger partial charge >= 0.3 is 6.18 Å². The van der Waals surface area contributed by atoms with Crippen molar-refractivity contribution in [1.82, 2.24) is 4.98 Å². The Morgan fingerprint density at radius 3 is 2.60 bits per heavy atom. The summed E-state index contributed by atoms with van der Waals surface area (Å²) in [5, 5.41) is 0.516. The smallest absolute Gasteiger partial charge is 0.361 e. The zero-order valence-corrected chi connectivity index (χ0v) is 7.68. The Morgan fingerprint density at radius 2 is 1.93 bits per heavy atom. The van der Waals surface area contributed by atoms with Gasteiger partial charge in [0.2, 0.25) is 0 Å². The third-order valence-electron chi connectivity index (χ3n) is 2.32. The third-order valence-corrected chi connectivity index (χ3v) is 2.32. The molecule has 0 radical (unpaired) electrons. The number of alkyl halides is 3. The summed E-state index contributed by atoms with van der Waals surface area (Å²) in [6.07, 6.45) is -2.82. The Bertz CT molecular complexity index is 473. The largest absolute Gasteiger partial charge is 0.407 e. The van der Waals surface area contributed by atoms with Gasteiger partial charge in [-0.05, 0) is 17.7 Å². The number of nitrogens with one attached hydrogen (secondary N) is 1. The van der Waals surface area contributed by atoms with Gasteiger partial charge in [0.05, 0.1) is 0 Å². The van der Waals surface area contributed by atoms with Gasteiger partial charge in [-0.25, -0.2) is 0 Å². The fraction of sp³-hybridized carbons (Fsp3) is 0.200. The summed E-state index contributed by atoms with van der Waals surface area (Å²) in [5.41, 5.74) is 5.92. The second-order valence-electron chi connectivity index (χ2n) is 3.31. The van der Waals surface area contributed by atoms with E-state index in [0.717, 1.165) is 0 Å². The number of benzene rings is 1. The molecule has 2 nitrogen and oxygen atoms in total. The molecule has 1 heterocycles. The molecule has 0 aliphatic rings. The highest BCUT2D eigenvalue weighted by molar-refractivity contribution is 5.83. The molecular formula is C10H9F3N2. The highest BCUT2D eigenvalue weighted by atomic mass is 19.4. The van der Waals surface area contributed by atoms with Crippen LogP contribution in [0.25, 0.3) is 10.9 Å². The summed E-state index contributed by atoms with van der Waals surface area (Å²) in [6.45, 7) is 0. The topological polar surface area (TPSA) is 41.8 Å². The van der Waals surface area contributed by atoms with E-state index in [1.165, 1.54) is 6.07 Å². The lowest BCUT2D eigenvalue weighted by molar-refractivity contribution is -0.148. The van der Waals surface area contributed by atoms with Crippen molar-refractivity contribution in [3.63, 3.8) is 0 Å². The molecule has 5 heteroatoms. The number of halogens is 3. The van der Waals surface area contributed by atoms with Crippen LogP contribution in [0.1, 0.15) is 11.6 Å². The van der Waals surface area contributed by atoms with E-state index in [1.54, 1.807) is 24.4 Å². The lowest BCUT2D eigenvalue weighted by atomic mass is 10.0. The van der Waals surface area contributed by atoms with E-state index >= 15 is 0 Å². The van der Waals surface area contributed by atoms with Crippen molar-refractivity contribution < 1.29 is 13.2 Å². The van der Waals surface area contributed by atoms with Crippen molar-refractivity contribution in [2.24, 2.45) is 5.73 Å². The molecule has 1 atom stereocenters. The van der Waals surface area contributed by atoms with E-state index in [-0.39, 0.29) is 5.56 Å². The molecule has 0 saturated carbocycles. The van der Waals surface area contributed by atoms with Crippen LogP contribution in [0, 0.1) is 0 Å². The summed E-state index contributed by atoms with van der Waals surface area (Å²) < 4.78 is 37.3. The summed E-state index contributed by atoms with van der Waals surface area (Å²) >= 11 is 0. The second kappa shape index (κ2) is 3.27. The number of aromatic amines is 1. The van der Waals surface area contributed by atoms with E-state index in [1.807, 2.05) is 0 Å². The molecule has 0 saturated heterocycles. The van der Waals surface area contributed by atoms with E-state index in [9.17, 15) is 13.2 Å². The zero-order valence-electron chi connectivity index (χ0n) is 7.68. The zero-order chi connectivity index (χ0) is 11.1. The van der Waals surface area contributed by atoms with Crippen molar-refractivity contribution in [3.05, 3.63) is 36.0 Å². The lowest BCUT2D eigenvalue weighted by Crippen LogP contribution is -2.28. The van der Waals surface area contributed by atoms with Crippen LogP contribution in [-0.4, -0.2) is 11.2 Å². The van der Waals surface area contributed by atoms with Crippen molar-refractivity contribution in [3.8, 4) is 0 Å². The summed E-state index contributed by atoms with van der Waals surface area (Å²) in [4.78, 5) is 2.84. The fourth-order valence-corrected chi connectivity index (χ4v) is 1.56. The molecule has 0 unspecified atom stereocenters. The summed E-state index contributed by atoms with van der Waals surface area (Å²) in [6, 6.07) is 4.32. The number of fused-ring (bicyclic) bond motifs is 1. The van der Waals surface area contributed by atoms with Crippen LogP contribution in [0.4, 0.5) is 13.2 Å². The molecule has 0 aliphatic heterocycles. The second-order valence-corrected chi connectivity index (χ2v) is 3.31. The fourth-order valence-electron chi connectivity index (χ4n) is 1.56. The highest BCUT2D eigenvalue weighted by Gasteiger charge is 2.38. The van der Waals surface area contributed by atoms with Crippen molar-refractivity contribution in [1.29, 1.82) is 0 Å². The van der Waals surface area contributed by atoms with Gasteiger partial charge in [-0.15, -0.1) is 0 Å². The molecule has 2 aromatic rings. The standard InChI is InChI=1S/C10H9F3N2/c11-10(12,13)9(14)7-2-1-3-8-6(7)4-5-15-8/h1-5,9,15H,14H2/t9-/m0/s1. The van der Waals surface area contributed by atoms with Crippen LogP contribution in [0.5, 0.6) is 0 Å². The number of hydrogen-bond acceptors (Lipinski definition) is 1. The number of nitrogens with two attached hydrogens (primary N) is 1. The predicted octanol–water partition coefficient (Wildman–Crippen LogP) is 2.73. The van der Waals surface area contributed by atoms with Gasteiger partial charge in [0.1, 0.15) is 6.04 Å². The number of H-pyrrole nitrogens is 1. The quantitative estimate of drug-likeness (QED) is 0.752. The first-order chi connectivity index (χ1) is 7.00. The maximum atomic E-state index is 12.4. The minimum atomic E-state index is -4.41. The Morgan fingerprint density at radius 1 is 1.20 bits per heavy atom. The van der Waals surface area contributed by atoms with Gasteiger partial charge < -0.3 is 10.7 Å². The van der Waals surface area contributed by atoms with E-state index in [4.69, 9.17) is 5.73 Å². The predicted molar refractivity (Wildman–Crippen MR) is 51.3 cm³/mol. The molecule has 0 aliphatic carbocycles. The Balaban J connectivity index is 2.56. The third kappa shape index (κ3) is 1.70. The van der Waals surface area contributed by atoms with E-state index in [2.05, 4.69) is 4.98 Å². The monoisotopic (exact) mass is 214 g/mol. The molecule has 1 aromatic carbocycles. The SMILES string of the molecule is N[C@@H](c1cccc2[nH]ccc12)C(F)(F)F. The Labute approximate surface area is 83.9 Å². The van der Waals surface area contributed by atoms with Crippen molar-refractivity contribution in [2.45, 2.75) is 12.2 Å². The van der Waals surface area contributed by atoms with Gasteiger partial charge in [0, 0.05) is 17.1 Å². The molecule has 1 aromatic heterocycles. The molecule has 2 rings (SSSR count). The van der Waals surface area contributed by atoms with Crippen LogP contribution in [0.2, 0.25) is 0 Å². The van der Waals surface area contributed by atoms with Crippen LogP contribution in [0.15, 0.2) is 30.5 Å². The molecule has 0 spiro atoms. The number of hydrogen-bond donors (Lipinski definition) is 2.